The Morgan fingerprint density at radius 2 is 1.93 bits per heavy atom. The Morgan fingerprint density at radius 3 is 2.53 bits per heavy atom. The molecular formula is C11H15F2NO. The summed E-state index contributed by atoms with van der Waals surface area (Å²) in [7, 11) is 0. The van der Waals surface area contributed by atoms with Crippen LogP contribution >= 0.6 is 0 Å². The maximum absolute atomic E-state index is 13.4. The number of alkyl halides is 2. The molecule has 0 spiro atoms. The number of carbonyl (C=O) groups excluding carboxylic acids is 1. The minimum atomic E-state index is -2.52. The molecule has 2 nitrogen and oxygen atoms in total. The molecule has 84 valence electrons. The van der Waals surface area contributed by atoms with Gasteiger partial charge in [0.05, 0.1) is 0 Å². The lowest BCUT2D eigenvalue weighted by Crippen LogP contribution is -2.33. The van der Waals surface area contributed by atoms with E-state index in [9.17, 15) is 13.6 Å². The molecule has 15 heavy (non-hydrogen) atoms. The second-order valence-corrected chi connectivity index (χ2v) is 5.18. The lowest BCUT2D eigenvalue weighted by molar-refractivity contribution is -0.132. The molecule has 0 aromatic heterocycles. The monoisotopic (exact) mass is 215 g/mol. The highest BCUT2D eigenvalue weighted by Gasteiger charge is 2.55. The van der Waals surface area contributed by atoms with Crippen LogP contribution < -0.4 is 0 Å². The molecule has 1 aliphatic heterocycles. The van der Waals surface area contributed by atoms with Gasteiger partial charge in [-0.15, -0.1) is 0 Å². The first-order chi connectivity index (χ1) is 7.08. The number of carbonyl (C=O) groups is 1. The molecule has 0 radical (unpaired) electrons. The quantitative estimate of drug-likeness (QED) is 0.654. The topological polar surface area (TPSA) is 20.3 Å². The van der Waals surface area contributed by atoms with E-state index in [0.717, 1.165) is 12.8 Å². The summed E-state index contributed by atoms with van der Waals surface area (Å²) in [5.74, 6) is -2.73. The minimum absolute atomic E-state index is 0.0216. The van der Waals surface area contributed by atoms with Gasteiger partial charge >= 0.3 is 0 Å². The SMILES string of the molecule is O=C(C1CC1)N1C[C@@H]2CCC(F)(F)[C@H]2C1. The first-order valence-corrected chi connectivity index (χ1v) is 5.74. The smallest absolute Gasteiger partial charge is 0.252 e. The highest BCUT2D eigenvalue weighted by atomic mass is 19.3. The van der Waals surface area contributed by atoms with Crippen molar-refractivity contribution in [3.05, 3.63) is 0 Å². The van der Waals surface area contributed by atoms with Crippen molar-refractivity contribution in [2.75, 3.05) is 13.1 Å². The normalized spacial score (nSPS) is 38.1. The number of likely N-dealkylation sites (tertiary alicyclic amines) is 1. The first kappa shape index (κ1) is 9.55. The molecule has 1 amide bonds. The van der Waals surface area contributed by atoms with Crippen molar-refractivity contribution in [2.24, 2.45) is 17.8 Å². The average molecular weight is 215 g/mol. The van der Waals surface area contributed by atoms with E-state index in [1.165, 1.54) is 0 Å². The lowest BCUT2D eigenvalue weighted by atomic mass is 9.99. The Labute approximate surface area is 87.6 Å². The van der Waals surface area contributed by atoms with E-state index in [4.69, 9.17) is 0 Å². The van der Waals surface area contributed by atoms with Crippen molar-refractivity contribution in [2.45, 2.75) is 31.6 Å². The van der Waals surface area contributed by atoms with Gasteiger partial charge in [0.15, 0.2) is 0 Å². The zero-order chi connectivity index (χ0) is 10.6. The predicted molar refractivity (Wildman–Crippen MR) is 50.5 cm³/mol. The highest BCUT2D eigenvalue weighted by Crippen LogP contribution is 2.49. The fraction of sp³-hybridized carbons (Fsp3) is 0.909. The van der Waals surface area contributed by atoms with E-state index in [2.05, 4.69) is 0 Å². The number of hydrogen-bond acceptors (Lipinski definition) is 1. The Morgan fingerprint density at radius 1 is 1.20 bits per heavy atom. The van der Waals surface area contributed by atoms with Crippen LogP contribution in [0.25, 0.3) is 0 Å². The van der Waals surface area contributed by atoms with E-state index in [0.29, 0.717) is 19.5 Å². The van der Waals surface area contributed by atoms with E-state index in [1.54, 1.807) is 4.90 Å². The van der Waals surface area contributed by atoms with E-state index in [1.807, 2.05) is 0 Å². The molecule has 0 aromatic carbocycles. The van der Waals surface area contributed by atoms with Gasteiger partial charge < -0.3 is 4.90 Å². The summed E-state index contributed by atoms with van der Waals surface area (Å²) in [6.45, 7) is 0.878. The molecule has 3 fully saturated rings. The summed E-state index contributed by atoms with van der Waals surface area (Å²) >= 11 is 0. The van der Waals surface area contributed by atoms with Gasteiger partial charge in [-0.25, -0.2) is 8.78 Å². The van der Waals surface area contributed by atoms with Gasteiger partial charge in [-0.2, -0.15) is 0 Å². The molecule has 1 saturated heterocycles. The van der Waals surface area contributed by atoms with Gasteiger partial charge in [0.25, 0.3) is 5.92 Å². The van der Waals surface area contributed by atoms with Gasteiger partial charge in [-0.1, -0.05) is 0 Å². The molecule has 4 heteroatoms. The number of rotatable bonds is 1. The Hall–Kier alpha value is -0.670. The van der Waals surface area contributed by atoms with Crippen molar-refractivity contribution in [1.29, 1.82) is 0 Å². The molecule has 2 atom stereocenters. The highest BCUT2D eigenvalue weighted by molar-refractivity contribution is 5.81. The van der Waals surface area contributed by atoms with Crippen LogP contribution in [-0.4, -0.2) is 29.8 Å². The van der Waals surface area contributed by atoms with Crippen LogP contribution in [0.3, 0.4) is 0 Å². The van der Waals surface area contributed by atoms with Crippen LogP contribution in [0.4, 0.5) is 8.78 Å². The van der Waals surface area contributed by atoms with Gasteiger partial charge in [0.1, 0.15) is 0 Å². The van der Waals surface area contributed by atoms with Crippen molar-refractivity contribution >= 4 is 5.91 Å². The summed E-state index contributed by atoms with van der Waals surface area (Å²) in [6, 6.07) is 0. The molecule has 0 bridgehead atoms. The first-order valence-electron chi connectivity index (χ1n) is 5.74. The Bertz CT molecular complexity index is 301. The van der Waals surface area contributed by atoms with E-state index >= 15 is 0 Å². The third-order valence-corrected chi connectivity index (χ3v) is 4.07. The Balaban J connectivity index is 1.70. The summed E-state index contributed by atoms with van der Waals surface area (Å²) < 4.78 is 26.8. The van der Waals surface area contributed by atoms with Gasteiger partial charge in [-0.05, 0) is 25.2 Å². The summed E-state index contributed by atoms with van der Waals surface area (Å²) in [6.07, 6.45) is 2.53. The predicted octanol–water partition coefficient (Wildman–Crippen LogP) is 1.90. The van der Waals surface area contributed by atoms with Crippen molar-refractivity contribution < 1.29 is 13.6 Å². The second kappa shape index (κ2) is 2.92. The molecule has 0 unspecified atom stereocenters. The third kappa shape index (κ3) is 1.45. The standard InChI is InChI=1S/C11H15F2NO/c12-11(13)4-3-8-5-14(6-9(8)11)10(15)7-1-2-7/h7-9H,1-6H2/t8-,9-/m0/s1. The van der Waals surface area contributed by atoms with Crippen LogP contribution in [0, 0.1) is 17.8 Å². The third-order valence-electron chi connectivity index (χ3n) is 4.07. The lowest BCUT2D eigenvalue weighted by Gasteiger charge is -2.20. The fourth-order valence-corrected chi connectivity index (χ4v) is 2.97. The van der Waals surface area contributed by atoms with Crippen LogP contribution in [-0.2, 0) is 4.79 Å². The Kier molecular flexibility index (Phi) is 1.86. The molecule has 0 aromatic rings. The number of hydrogen-bond donors (Lipinski definition) is 0. The van der Waals surface area contributed by atoms with Crippen molar-refractivity contribution in [3.63, 3.8) is 0 Å². The molecule has 3 aliphatic rings. The largest absolute Gasteiger partial charge is 0.342 e. The van der Waals surface area contributed by atoms with Gasteiger partial charge in [-0.3, -0.25) is 4.79 Å². The van der Waals surface area contributed by atoms with Gasteiger partial charge in [0, 0.05) is 31.3 Å². The van der Waals surface area contributed by atoms with Crippen LogP contribution in [0.2, 0.25) is 0 Å². The number of amides is 1. The molecule has 0 N–H and O–H groups in total. The van der Waals surface area contributed by atoms with Crippen LogP contribution in [0.15, 0.2) is 0 Å². The summed E-state index contributed by atoms with van der Waals surface area (Å²) in [5.41, 5.74) is 0. The second-order valence-electron chi connectivity index (χ2n) is 5.18. The van der Waals surface area contributed by atoms with Crippen LogP contribution in [0.5, 0.6) is 0 Å². The number of nitrogens with zero attached hydrogens (tertiary/aromatic N) is 1. The average Bonchev–Trinajstić information content (AvgIpc) is 2.86. The maximum atomic E-state index is 13.4. The zero-order valence-corrected chi connectivity index (χ0v) is 8.59. The van der Waals surface area contributed by atoms with Crippen molar-refractivity contribution in [1.82, 2.24) is 4.90 Å². The minimum Gasteiger partial charge on any atom is -0.342 e. The maximum Gasteiger partial charge on any atom is 0.252 e. The molecule has 3 rings (SSSR count). The zero-order valence-electron chi connectivity index (χ0n) is 8.59. The number of halogens is 2. The van der Waals surface area contributed by atoms with E-state index in [-0.39, 0.29) is 24.2 Å². The fourth-order valence-electron chi connectivity index (χ4n) is 2.97. The van der Waals surface area contributed by atoms with Crippen molar-refractivity contribution in [3.8, 4) is 0 Å². The molecular weight excluding hydrogens is 200 g/mol. The van der Waals surface area contributed by atoms with E-state index < -0.39 is 11.8 Å². The van der Waals surface area contributed by atoms with Crippen LogP contribution in [0.1, 0.15) is 25.7 Å². The molecule has 2 saturated carbocycles. The molecule has 1 heterocycles. The molecule has 2 aliphatic carbocycles. The number of fused-ring (bicyclic) bond motifs is 1. The summed E-state index contributed by atoms with van der Waals surface area (Å²) in [4.78, 5) is 13.4. The van der Waals surface area contributed by atoms with Gasteiger partial charge in [0.2, 0.25) is 5.91 Å². The summed E-state index contributed by atoms with van der Waals surface area (Å²) in [5, 5.41) is 0.